The number of aromatic hydroxyl groups is 1. The summed E-state index contributed by atoms with van der Waals surface area (Å²) in [5.74, 6) is 0.361. The van der Waals surface area contributed by atoms with Crippen molar-refractivity contribution in [3.8, 4) is 5.75 Å². The van der Waals surface area contributed by atoms with Crippen LogP contribution >= 0.6 is 0 Å². The third kappa shape index (κ3) is 2.74. The molecule has 0 saturated carbocycles. The van der Waals surface area contributed by atoms with Gasteiger partial charge >= 0.3 is 0 Å². The second-order valence-corrected chi connectivity index (χ2v) is 3.65. The third-order valence-corrected chi connectivity index (χ3v) is 2.44. The number of hydrogen-bond acceptors (Lipinski definition) is 1. The van der Waals surface area contributed by atoms with E-state index in [-0.39, 0.29) is 0 Å². The summed E-state index contributed by atoms with van der Waals surface area (Å²) in [5, 5.41) is 9.57. The van der Waals surface area contributed by atoms with Crippen LogP contribution in [0.1, 0.15) is 11.1 Å². The van der Waals surface area contributed by atoms with Gasteiger partial charge in [-0.1, -0.05) is 60.7 Å². The van der Waals surface area contributed by atoms with Crippen molar-refractivity contribution in [2.24, 2.45) is 0 Å². The Morgan fingerprint density at radius 1 is 0.875 bits per heavy atom. The van der Waals surface area contributed by atoms with Gasteiger partial charge in [-0.2, -0.15) is 0 Å². The fourth-order valence-electron chi connectivity index (χ4n) is 1.57. The molecule has 0 radical (unpaired) electrons. The Kier molecular flexibility index (Phi) is 3.39. The molecule has 0 spiro atoms. The lowest BCUT2D eigenvalue weighted by atomic mass is 10.1. The van der Waals surface area contributed by atoms with Gasteiger partial charge in [-0.3, -0.25) is 0 Å². The van der Waals surface area contributed by atoms with Crippen LogP contribution in [0.4, 0.5) is 0 Å². The zero-order valence-electron chi connectivity index (χ0n) is 9.01. The van der Waals surface area contributed by atoms with Crippen molar-refractivity contribution in [3.05, 3.63) is 71.8 Å². The minimum absolute atomic E-state index is 0.361. The number of rotatable bonds is 3. The monoisotopic (exact) mass is 210 g/mol. The average molecular weight is 210 g/mol. The highest BCUT2D eigenvalue weighted by atomic mass is 16.3. The highest BCUT2D eigenvalue weighted by Crippen LogP contribution is 2.16. The molecular formula is C15H14O. The molecule has 0 aliphatic heterocycles. The smallest absolute Gasteiger partial charge is 0.119 e. The van der Waals surface area contributed by atoms with Crippen LogP contribution < -0.4 is 0 Å². The lowest BCUT2D eigenvalue weighted by Gasteiger charge is -1.99. The van der Waals surface area contributed by atoms with E-state index in [0.717, 1.165) is 12.0 Å². The molecule has 0 bridgehead atoms. The molecule has 16 heavy (non-hydrogen) atoms. The van der Waals surface area contributed by atoms with Crippen LogP contribution in [0.3, 0.4) is 0 Å². The molecule has 0 heterocycles. The van der Waals surface area contributed by atoms with Crippen LogP contribution in [-0.2, 0) is 6.42 Å². The van der Waals surface area contributed by atoms with Crippen LogP contribution in [0.15, 0.2) is 60.7 Å². The Labute approximate surface area is 95.7 Å². The van der Waals surface area contributed by atoms with E-state index in [9.17, 15) is 5.11 Å². The molecule has 2 rings (SSSR count). The standard InChI is InChI=1S/C15H14O/c16-15-12-5-4-10-14(15)11-6-9-13-7-2-1-3-8-13/h1-10,12,16H,11H2/b9-6+. The van der Waals surface area contributed by atoms with Crippen LogP contribution in [0.5, 0.6) is 5.75 Å². The van der Waals surface area contributed by atoms with E-state index in [4.69, 9.17) is 0 Å². The van der Waals surface area contributed by atoms with Crippen molar-refractivity contribution in [1.29, 1.82) is 0 Å². The highest BCUT2D eigenvalue weighted by molar-refractivity contribution is 5.49. The average Bonchev–Trinajstić information content (AvgIpc) is 2.33. The maximum Gasteiger partial charge on any atom is 0.119 e. The van der Waals surface area contributed by atoms with Gasteiger partial charge in [-0.25, -0.2) is 0 Å². The van der Waals surface area contributed by atoms with E-state index in [1.807, 2.05) is 36.4 Å². The van der Waals surface area contributed by atoms with Crippen molar-refractivity contribution in [3.63, 3.8) is 0 Å². The summed E-state index contributed by atoms with van der Waals surface area (Å²) in [6, 6.07) is 17.6. The molecule has 0 aliphatic rings. The summed E-state index contributed by atoms with van der Waals surface area (Å²) in [4.78, 5) is 0. The first kappa shape index (κ1) is 10.5. The molecule has 1 N–H and O–H groups in total. The fraction of sp³-hybridized carbons (Fsp3) is 0.0667. The van der Waals surface area contributed by atoms with Crippen molar-refractivity contribution in [1.82, 2.24) is 0 Å². The van der Waals surface area contributed by atoms with E-state index in [1.54, 1.807) is 6.07 Å². The zero-order valence-corrected chi connectivity index (χ0v) is 9.01. The molecule has 1 nitrogen and oxygen atoms in total. The van der Waals surface area contributed by atoms with E-state index in [1.165, 1.54) is 5.56 Å². The molecule has 0 fully saturated rings. The van der Waals surface area contributed by atoms with Gasteiger partial charge in [0.1, 0.15) is 5.75 Å². The second-order valence-electron chi connectivity index (χ2n) is 3.65. The van der Waals surface area contributed by atoms with E-state index < -0.39 is 0 Å². The fourth-order valence-corrected chi connectivity index (χ4v) is 1.57. The molecule has 0 saturated heterocycles. The Hall–Kier alpha value is -2.02. The first-order chi connectivity index (χ1) is 7.86. The van der Waals surface area contributed by atoms with Gasteiger partial charge in [-0.15, -0.1) is 0 Å². The summed E-state index contributed by atoms with van der Waals surface area (Å²) < 4.78 is 0. The number of allylic oxidation sites excluding steroid dienone is 1. The minimum atomic E-state index is 0.361. The summed E-state index contributed by atoms with van der Waals surface area (Å²) in [6.07, 6.45) is 4.87. The zero-order chi connectivity index (χ0) is 11.2. The Balaban J connectivity index is 2.03. The topological polar surface area (TPSA) is 20.2 Å². The molecule has 80 valence electrons. The highest BCUT2D eigenvalue weighted by Gasteiger charge is 1.95. The van der Waals surface area contributed by atoms with Gasteiger partial charge in [0.2, 0.25) is 0 Å². The van der Waals surface area contributed by atoms with Gasteiger partial charge in [0.05, 0.1) is 0 Å². The van der Waals surface area contributed by atoms with Gasteiger partial charge in [-0.05, 0) is 23.6 Å². The maximum absolute atomic E-state index is 9.57. The van der Waals surface area contributed by atoms with Gasteiger partial charge < -0.3 is 5.11 Å². The summed E-state index contributed by atoms with van der Waals surface area (Å²) in [5.41, 5.74) is 2.13. The first-order valence-corrected chi connectivity index (χ1v) is 5.35. The van der Waals surface area contributed by atoms with Crippen molar-refractivity contribution in [2.45, 2.75) is 6.42 Å². The van der Waals surface area contributed by atoms with Crippen LogP contribution in [0.25, 0.3) is 6.08 Å². The van der Waals surface area contributed by atoms with Crippen molar-refractivity contribution < 1.29 is 5.11 Å². The molecule has 2 aromatic carbocycles. The molecule has 0 amide bonds. The predicted octanol–water partition coefficient (Wildman–Crippen LogP) is 3.65. The van der Waals surface area contributed by atoms with Gasteiger partial charge in [0.15, 0.2) is 0 Å². The molecule has 0 aliphatic carbocycles. The lowest BCUT2D eigenvalue weighted by molar-refractivity contribution is 0.470. The third-order valence-electron chi connectivity index (χ3n) is 2.44. The number of phenolic OH excluding ortho intramolecular Hbond substituents is 1. The normalized spacial score (nSPS) is 10.8. The van der Waals surface area contributed by atoms with Crippen LogP contribution in [-0.4, -0.2) is 5.11 Å². The van der Waals surface area contributed by atoms with E-state index in [0.29, 0.717) is 5.75 Å². The SMILES string of the molecule is Oc1ccccc1C/C=C/c1ccccc1. The minimum Gasteiger partial charge on any atom is -0.508 e. The Bertz CT molecular complexity index is 472. The summed E-state index contributed by atoms with van der Waals surface area (Å²) in [6.45, 7) is 0. The van der Waals surface area contributed by atoms with Gasteiger partial charge in [0, 0.05) is 0 Å². The first-order valence-electron chi connectivity index (χ1n) is 5.35. The number of benzene rings is 2. The van der Waals surface area contributed by atoms with Gasteiger partial charge in [0.25, 0.3) is 0 Å². The molecule has 2 aromatic rings. The van der Waals surface area contributed by atoms with Crippen LogP contribution in [0, 0.1) is 0 Å². The molecule has 0 unspecified atom stereocenters. The largest absolute Gasteiger partial charge is 0.508 e. The molecular weight excluding hydrogens is 196 g/mol. The van der Waals surface area contributed by atoms with E-state index >= 15 is 0 Å². The second kappa shape index (κ2) is 5.17. The number of para-hydroxylation sites is 1. The van der Waals surface area contributed by atoms with Crippen molar-refractivity contribution >= 4 is 6.08 Å². The van der Waals surface area contributed by atoms with Crippen LogP contribution in [0.2, 0.25) is 0 Å². The number of phenols is 1. The predicted molar refractivity (Wildman–Crippen MR) is 67.3 cm³/mol. The quantitative estimate of drug-likeness (QED) is 0.819. The molecule has 0 atom stereocenters. The Morgan fingerprint density at radius 3 is 2.31 bits per heavy atom. The lowest BCUT2D eigenvalue weighted by Crippen LogP contribution is -1.81. The maximum atomic E-state index is 9.57. The Morgan fingerprint density at radius 2 is 1.56 bits per heavy atom. The van der Waals surface area contributed by atoms with E-state index in [2.05, 4.69) is 24.3 Å². The summed E-state index contributed by atoms with van der Waals surface area (Å²) in [7, 11) is 0. The van der Waals surface area contributed by atoms with Crippen molar-refractivity contribution in [2.75, 3.05) is 0 Å². The summed E-state index contributed by atoms with van der Waals surface area (Å²) >= 11 is 0. The molecule has 0 aromatic heterocycles. The number of hydrogen-bond donors (Lipinski definition) is 1. The molecule has 1 heteroatoms.